The number of hydrogen-bond acceptors (Lipinski definition) is 5. The van der Waals surface area contributed by atoms with Crippen molar-refractivity contribution >= 4 is 11.7 Å². The molecule has 6 nitrogen and oxygen atoms in total. The van der Waals surface area contributed by atoms with Gasteiger partial charge in [-0.2, -0.15) is 0 Å². The molecule has 0 aliphatic carbocycles. The number of nitrogens with one attached hydrogen (secondary N) is 2. The van der Waals surface area contributed by atoms with Gasteiger partial charge in [0.05, 0.1) is 6.10 Å². The van der Waals surface area contributed by atoms with Crippen molar-refractivity contribution in [2.45, 2.75) is 32.3 Å². The number of aromatic nitrogens is 2. The van der Waals surface area contributed by atoms with Crippen molar-refractivity contribution in [1.29, 1.82) is 0 Å². The van der Waals surface area contributed by atoms with E-state index in [2.05, 4.69) is 20.6 Å². The Morgan fingerprint density at radius 3 is 2.88 bits per heavy atom. The number of aryl methyl sites for hydroxylation is 1. The summed E-state index contributed by atoms with van der Waals surface area (Å²) in [5.74, 6) is 1.06. The molecule has 2 N–H and O–H groups in total. The van der Waals surface area contributed by atoms with E-state index in [1.54, 1.807) is 13.0 Å². The molecule has 1 fully saturated rings. The van der Waals surface area contributed by atoms with Crippen LogP contribution in [0, 0.1) is 6.92 Å². The highest BCUT2D eigenvalue weighted by molar-refractivity contribution is 5.92. The van der Waals surface area contributed by atoms with Crippen LogP contribution in [0.4, 0.5) is 5.82 Å². The van der Waals surface area contributed by atoms with Gasteiger partial charge in [-0.15, -0.1) is 0 Å². The SMILES string of the molecule is Cc1nc(NCC2CCCO2)cc(C(=O)NCCc2ccccc2)n1. The summed E-state index contributed by atoms with van der Waals surface area (Å²) in [6.07, 6.45) is 3.17. The highest BCUT2D eigenvalue weighted by Gasteiger charge is 2.16. The van der Waals surface area contributed by atoms with Crippen LogP contribution in [0.5, 0.6) is 0 Å². The third-order valence-electron chi connectivity index (χ3n) is 4.15. The Hall–Kier alpha value is -2.47. The molecule has 132 valence electrons. The lowest BCUT2D eigenvalue weighted by Gasteiger charge is -2.12. The molecule has 0 bridgehead atoms. The minimum Gasteiger partial charge on any atom is -0.376 e. The summed E-state index contributed by atoms with van der Waals surface area (Å²) in [5, 5.41) is 6.17. The van der Waals surface area contributed by atoms with Crippen LogP contribution in [-0.4, -0.2) is 41.7 Å². The van der Waals surface area contributed by atoms with Crippen molar-refractivity contribution in [3.05, 3.63) is 53.5 Å². The first-order valence-corrected chi connectivity index (χ1v) is 8.74. The zero-order valence-electron chi connectivity index (χ0n) is 14.5. The van der Waals surface area contributed by atoms with Crippen molar-refractivity contribution < 1.29 is 9.53 Å². The lowest BCUT2D eigenvalue weighted by molar-refractivity contribution is 0.0949. The Kier molecular flexibility index (Phi) is 5.95. The molecule has 2 aromatic rings. The fourth-order valence-electron chi connectivity index (χ4n) is 2.85. The average molecular weight is 340 g/mol. The van der Waals surface area contributed by atoms with E-state index in [9.17, 15) is 4.79 Å². The van der Waals surface area contributed by atoms with Crippen molar-refractivity contribution in [2.24, 2.45) is 0 Å². The Morgan fingerprint density at radius 1 is 1.28 bits per heavy atom. The van der Waals surface area contributed by atoms with Gasteiger partial charge in [0.1, 0.15) is 17.3 Å². The summed E-state index contributed by atoms with van der Waals surface area (Å²) in [6, 6.07) is 11.8. The number of anilines is 1. The van der Waals surface area contributed by atoms with Crippen molar-refractivity contribution in [3.63, 3.8) is 0 Å². The lowest BCUT2D eigenvalue weighted by Crippen LogP contribution is -2.27. The second kappa shape index (κ2) is 8.58. The fourth-order valence-corrected chi connectivity index (χ4v) is 2.85. The van der Waals surface area contributed by atoms with Gasteiger partial charge in [0.2, 0.25) is 0 Å². The molecule has 2 heterocycles. The third kappa shape index (κ3) is 5.26. The molecule has 1 unspecified atom stereocenters. The van der Waals surface area contributed by atoms with Crippen LogP contribution < -0.4 is 10.6 Å². The number of carbonyl (C=O) groups is 1. The first kappa shape index (κ1) is 17.4. The molecule has 3 rings (SSSR count). The van der Waals surface area contributed by atoms with Crippen LogP contribution in [0.1, 0.15) is 34.7 Å². The van der Waals surface area contributed by atoms with Crippen LogP contribution >= 0.6 is 0 Å². The van der Waals surface area contributed by atoms with E-state index < -0.39 is 0 Å². The van der Waals surface area contributed by atoms with Gasteiger partial charge in [0.15, 0.2) is 0 Å². The minimum atomic E-state index is -0.179. The topological polar surface area (TPSA) is 76.1 Å². The molecule has 1 amide bonds. The molecule has 1 aliphatic heterocycles. The van der Waals surface area contributed by atoms with Gasteiger partial charge >= 0.3 is 0 Å². The Morgan fingerprint density at radius 2 is 2.12 bits per heavy atom. The van der Waals surface area contributed by atoms with Gasteiger partial charge in [0, 0.05) is 25.8 Å². The van der Waals surface area contributed by atoms with Gasteiger partial charge in [-0.3, -0.25) is 4.79 Å². The quantitative estimate of drug-likeness (QED) is 0.809. The third-order valence-corrected chi connectivity index (χ3v) is 4.15. The van der Waals surface area contributed by atoms with Gasteiger partial charge in [-0.05, 0) is 31.7 Å². The second-order valence-electron chi connectivity index (χ2n) is 6.19. The number of amides is 1. The largest absolute Gasteiger partial charge is 0.376 e. The van der Waals surface area contributed by atoms with E-state index in [0.29, 0.717) is 30.4 Å². The van der Waals surface area contributed by atoms with Crippen molar-refractivity contribution in [3.8, 4) is 0 Å². The molecule has 1 atom stereocenters. The molecule has 0 radical (unpaired) electrons. The highest BCUT2D eigenvalue weighted by atomic mass is 16.5. The predicted octanol–water partition coefficient (Wildman–Crippen LogP) is 2.35. The molecule has 1 aromatic carbocycles. The number of rotatable bonds is 7. The van der Waals surface area contributed by atoms with Crippen molar-refractivity contribution in [2.75, 3.05) is 25.0 Å². The number of nitrogens with zero attached hydrogens (tertiary/aromatic N) is 2. The maximum absolute atomic E-state index is 12.3. The maximum Gasteiger partial charge on any atom is 0.270 e. The lowest BCUT2D eigenvalue weighted by atomic mass is 10.1. The van der Waals surface area contributed by atoms with Gasteiger partial charge in [0.25, 0.3) is 5.91 Å². The van der Waals surface area contributed by atoms with Gasteiger partial charge in [-0.1, -0.05) is 30.3 Å². The van der Waals surface area contributed by atoms with Crippen molar-refractivity contribution in [1.82, 2.24) is 15.3 Å². The number of carbonyl (C=O) groups excluding carboxylic acids is 1. The zero-order valence-corrected chi connectivity index (χ0v) is 14.5. The summed E-state index contributed by atoms with van der Waals surface area (Å²) in [7, 11) is 0. The molecular formula is C19H24N4O2. The minimum absolute atomic E-state index is 0.179. The molecular weight excluding hydrogens is 316 g/mol. The summed E-state index contributed by atoms with van der Waals surface area (Å²) in [4.78, 5) is 20.9. The normalized spacial score (nSPS) is 16.6. The smallest absolute Gasteiger partial charge is 0.270 e. The Bertz CT molecular complexity index is 700. The van der Waals surface area contributed by atoms with Crippen LogP contribution in [0.3, 0.4) is 0 Å². The number of benzene rings is 1. The molecule has 1 aliphatic rings. The Labute approximate surface area is 148 Å². The zero-order chi connectivity index (χ0) is 17.5. The van der Waals surface area contributed by atoms with E-state index in [1.807, 2.05) is 30.3 Å². The van der Waals surface area contributed by atoms with Crippen LogP contribution in [0.2, 0.25) is 0 Å². The molecule has 1 saturated heterocycles. The summed E-state index contributed by atoms with van der Waals surface area (Å²) < 4.78 is 5.59. The standard InChI is InChI=1S/C19H24N4O2/c1-14-22-17(12-18(23-14)21-13-16-8-5-11-25-16)19(24)20-10-9-15-6-3-2-4-7-15/h2-4,6-7,12,16H,5,8-11,13H2,1H3,(H,20,24)(H,21,22,23). The first-order valence-electron chi connectivity index (χ1n) is 8.74. The second-order valence-corrected chi connectivity index (χ2v) is 6.19. The number of ether oxygens (including phenoxy) is 1. The predicted molar refractivity (Wildman–Crippen MR) is 96.7 cm³/mol. The Balaban J connectivity index is 1.54. The molecule has 25 heavy (non-hydrogen) atoms. The van der Waals surface area contributed by atoms with E-state index >= 15 is 0 Å². The van der Waals surface area contributed by atoms with E-state index in [1.165, 1.54) is 5.56 Å². The van der Waals surface area contributed by atoms with E-state index in [-0.39, 0.29) is 12.0 Å². The highest BCUT2D eigenvalue weighted by Crippen LogP contribution is 2.13. The maximum atomic E-state index is 12.3. The van der Waals surface area contributed by atoms with Crippen LogP contribution in [-0.2, 0) is 11.2 Å². The summed E-state index contributed by atoms with van der Waals surface area (Å²) in [6.45, 7) is 3.89. The monoisotopic (exact) mass is 340 g/mol. The van der Waals surface area contributed by atoms with Crippen LogP contribution in [0.25, 0.3) is 0 Å². The van der Waals surface area contributed by atoms with Gasteiger partial charge in [-0.25, -0.2) is 9.97 Å². The van der Waals surface area contributed by atoms with Gasteiger partial charge < -0.3 is 15.4 Å². The molecule has 6 heteroatoms. The van der Waals surface area contributed by atoms with E-state index in [0.717, 1.165) is 25.9 Å². The summed E-state index contributed by atoms with van der Waals surface area (Å²) >= 11 is 0. The van der Waals surface area contributed by atoms with E-state index in [4.69, 9.17) is 4.74 Å². The molecule has 1 aromatic heterocycles. The number of hydrogen-bond donors (Lipinski definition) is 2. The molecule has 0 spiro atoms. The fraction of sp³-hybridized carbons (Fsp3) is 0.421. The molecule has 0 saturated carbocycles. The van der Waals surface area contributed by atoms with Crippen LogP contribution in [0.15, 0.2) is 36.4 Å². The first-order chi connectivity index (χ1) is 12.2. The summed E-state index contributed by atoms with van der Waals surface area (Å²) in [5.41, 5.74) is 1.58. The average Bonchev–Trinajstić information content (AvgIpc) is 3.14.